The van der Waals surface area contributed by atoms with Crippen molar-refractivity contribution in [3.63, 3.8) is 0 Å². The van der Waals surface area contributed by atoms with Gasteiger partial charge in [-0.05, 0) is 25.3 Å². The molecule has 1 saturated heterocycles. The Morgan fingerprint density at radius 3 is 2.72 bits per heavy atom. The van der Waals surface area contributed by atoms with Gasteiger partial charge in [0.2, 0.25) is 5.91 Å². The van der Waals surface area contributed by atoms with Crippen LogP contribution in [0.3, 0.4) is 0 Å². The maximum absolute atomic E-state index is 11.8. The largest absolute Gasteiger partial charge is 0.355 e. The summed E-state index contributed by atoms with van der Waals surface area (Å²) in [7, 11) is 0. The number of nitrogens with one attached hydrogen (secondary N) is 1. The monoisotopic (exact) mass is 316 g/mol. The lowest BCUT2D eigenvalue weighted by Crippen LogP contribution is -2.43. The Kier molecular flexibility index (Phi) is 5.86. The van der Waals surface area contributed by atoms with Gasteiger partial charge < -0.3 is 5.32 Å². The number of halogens is 1. The molecule has 0 radical (unpaired) electrons. The number of hydrogen-bond acceptors (Lipinski definition) is 2. The summed E-state index contributed by atoms with van der Waals surface area (Å²) in [6.45, 7) is 13.6. The van der Waals surface area contributed by atoms with Gasteiger partial charge in [-0.25, -0.2) is 0 Å². The number of hydrogen-bond donors (Lipinski definition) is 1. The Balaban J connectivity index is 2.34. The predicted molar refractivity (Wildman–Crippen MR) is 79.7 cm³/mol. The summed E-state index contributed by atoms with van der Waals surface area (Å²) in [6.07, 6.45) is 2.41. The summed E-state index contributed by atoms with van der Waals surface area (Å²) in [5.41, 5.74) is -0.293. The third-order valence-electron chi connectivity index (χ3n) is 3.23. The SMILES string of the molecule is C=C(Br)CN1CCC[C@H](CNC(=O)C(C)(C)C)C1. The van der Waals surface area contributed by atoms with E-state index in [9.17, 15) is 4.79 Å². The Labute approximate surface area is 119 Å². The third kappa shape index (κ3) is 5.53. The van der Waals surface area contributed by atoms with E-state index in [4.69, 9.17) is 0 Å². The average Bonchev–Trinajstić information content (AvgIpc) is 2.24. The molecule has 0 spiro atoms. The van der Waals surface area contributed by atoms with Crippen molar-refractivity contribution in [1.82, 2.24) is 10.2 Å². The number of carbonyl (C=O) groups excluding carboxylic acids is 1. The number of amides is 1. The molecule has 1 heterocycles. The first kappa shape index (κ1) is 15.7. The van der Waals surface area contributed by atoms with Gasteiger partial charge >= 0.3 is 0 Å². The lowest BCUT2D eigenvalue weighted by Gasteiger charge is -2.33. The zero-order valence-corrected chi connectivity index (χ0v) is 13.3. The Morgan fingerprint density at radius 2 is 2.17 bits per heavy atom. The van der Waals surface area contributed by atoms with E-state index >= 15 is 0 Å². The van der Waals surface area contributed by atoms with Gasteiger partial charge in [-0.2, -0.15) is 0 Å². The minimum atomic E-state index is -0.293. The molecule has 0 aliphatic carbocycles. The second-order valence-corrected chi connectivity index (χ2v) is 7.34. The van der Waals surface area contributed by atoms with Crippen molar-refractivity contribution >= 4 is 21.8 Å². The lowest BCUT2D eigenvalue weighted by atomic mass is 9.94. The van der Waals surface area contributed by atoms with Crippen molar-refractivity contribution in [2.75, 3.05) is 26.2 Å². The fourth-order valence-electron chi connectivity index (χ4n) is 2.21. The predicted octanol–water partition coefficient (Wildman–Crippen LogP) is 2.77. The molecule has 104 valence electrons. The maximum atomic E-state index is 11.8. The van der Waals surface area contributed by atoms with Crippen molar-refractivity contribution < 1.29 is 4.79 Å². The highest BCUT2D eigenvalue weighted by Crippen LogP contribution is 2.19. The highest BCUT2D eigenvalue weighted by Gasteiger charge is 2.24. The summed E-state index contributed by atoms with van der Waals surface area (Å²) < 4.78 is 1.03. The van der Waals surface area contributed by atoms with Crippen LogP contribution in [0.4, 0.5) is 0 Å². The van der Waals surface area contributed by atoms with Crippen LogP contribution in [-0.2, 0) is 4.79 Å². The van der Waals surface area contributed by atoms with Gasteiger partial charge in [-0.1, -0.05) is 43.3 Å². The van der Waals surface area contributed by atoms with Crippen molar-refractivity contribution in [1.29, 1.82) is 0 Å². The van der Waals surface area contributed by atoms with E-state index in [1.54, 1.807) is 0 Å². The zero-order valence-electron chi connectivity index (χ0n) is 11.8. The van der Waals surface area contributed by atoms with Gasteiger partial charge in [-0.3, -0.25) is 9.69 Å². The number of nitrogens with zero attached hydrogens (tertiary/aromatic N) is 1. The van der Waals surface area contributed by atoms with Crippen LogP contribution in [0.5, 0.6) is 0 Å². The molecule has 0 bridgehead atoms. The summed E-state index contributed by atoms with van der Waals surface area (Å²) in [4.78, 5) is 14.2. The first-order valence-electron chi connectivity index (χ1n) is 6.63. The second kappa shape index (κ2) is 6.71. The molecule has 0 aromatic carbocycles. The Hall–Kier alpha value is -0.350. The minimum absolute atomic E-state index is 0.143. The van der Waals surface area contributed by atoms with Crippen LogP contribution in [0, 0.1) is 11.3 Å². The van der Waals surface area contributed by atoms with Gasteiger partial charge in [0.1, 0.15) is 0 Å². The molecule has 1 amide bonds. The molecular weight excluding hydrogens is 292 g/mol. The Bertz CT molecular complexity index is 309. The minimum Gasteiger partial charge on any atom is -0.355 e. The van der Waals surface area contributed by atoms with Crippen LogP contribution in [0.25, 0.3) is 0 Å². The topological polar surface area (TPSA) is 32.3 Å². The van der Waals surface area contributed by atoms with Crippen molar-refractivity contribution in [2.45, 2.75) is 33.6 Å². The average molecular weight is 317 g/mol. The van der Waals surface area contributed by atoms with Crippen LogP contribution in [0.1, 0.15) is 33.6 Å². The lowest BCUT2D eigenvalue weighted by molar-refractivity contribution is -0.128. The molecule has 3 nitrogen and oxygen atoms in total. The van der Waals surface area contributed by atoms with Gasteiger partial charge in [0.05, 0.1) is 0 Å². The summed E-state index contributed by atoms with van der Waals surface area (Å²) in [6, 6.07) is 0. The fraction of sp³-hybridized carbons (Fsp3) is 0.786. The van der Waals surface area contributed by atoms with Crippen LogP contribution in [-0.4, -0.2) is 37.0 Å². The molecule has 0 aromatic rings. The van der Waals surface area contributed by atoms with Gasteiger partial charge in [0.25, 0.3) is 0 Å². The van der Waals surface area contributed by atoms with Crippen LogP contribution in [0.2, 0.25) is 0 Å². The molecule has 18 heavy (non-hydrogen) atoms. The van der Waals surface area contributed by atoms with Crippen molar-refractivity contribution in [2.24, 2.45) is 11.3 Å². The highest BCUT2D eigenvalue weighted by atomic mass is 79.9. The quantitative estimate of drug-likeness (QED) is 0.865. The zero-order chi connectivity index (χ0) is 13.8. The van der Waals surface area contributed by atoms with Crippen LogP contribution in [0.15, 0.2) is 11.1 Å². The van der Waals surface area contributed by atoms with Gasteiger partial charge in [-0.15, -0.1) is 0 Å². The van der Waals surface area contributed by atoms with E-state index in [0.717, 1.165) is 30.7 Å². The van der Waals surface area contributed by atoms with Crippen LogP contribution < -0.4 is 5.32 Å². The summed E-state index contributed by atoms with van der Waals surface area (Å²) >= 11 is 3.41. The molecule has 4 heteroatoms. The smallest absolute Gasteiger partial charge is 0.225 e. The normalized spacial score (nSPS) is 21.7. The van der Waals surface area contributed by atoms with E-state index in [0.29, 0.717) is 5.92 Å². The number of rotatable bonds is 4. The molecule has 1 fully saturated rings. The summed E-state index contributed by atoms with van der Waals surface area (Å²) in [5, 5.41) is 3.07. The fourth-order valence-corrected chi connectivity index (χ4v) is 2.56. The number of carbonyl (C=O) groups is 1. The van der Waals surface area contributed by atoms with E-state index in [2.05, 4.69) is 32.7 Å². The first-order chi connectivity index (χ1) is 8.29. The maximum Gasteiger partial charge on any atom is 0.225 e. The number of piperidine rings is 1. The second-order valence-electron chi connectivity index (χ2n) is 6.22. The number of likely N-dealkylation sites (tertiary alicyclic amines) is 1. The third-order valence-corrected chi connectivity index (χ3v) is 3.48. The van der Waals surface area contributed by atoms with Crippen molar-refractivity contribution in [3.05, 3.63) is 11.1 Å². The van der Waals surface area contributed by atoms with Crippen molar-refractivity contribution in [3.8, 4) is 0 Å². The highest BCUT2D eigenvalue weighted by molar-refractivity contribution is 9.11. The molecule has 1 atom stereocenters. The molecule has 1 rings (SSSR count). The molecule has 0 unspecified atom stereocenters. The molecule has 1 aliphatic rings. The standard InChI is InChI=1S/C14H25BrN2O/c1-11(15)9-17-7-5-6-12(10-17)8-16-13(18)14(2,3)4/h12H,1,5-10H2,2-4H3,(H,16,18)/t12-/m1/s1. The van der Waals surface area contributed by atoms with E-state index in [1.165, 1.54) is 12.8 Å². The summed E-state index contributed by atoms with van der Waals surface area (Å²) in [5.74, 6) is 0.710. The molecule has 0 aromatic heterocycles. The molecule has 1 N–H and O–H groups in total. The van der Waals surface area contributed by atoms with Gasteiger partial charge in [0.15, 0.2) is 0 Å². The first-order valence-corrected chi connectivity index (χ1v) is 7.42. The molecule has 1 aliphatic heterocycles. The van der Waals surface area contributed by atoms with E-state index in [1.807, 2.05) is 20.8 Å². The van der Waals surface area contributed by atoms with Gasteiger partial charge in [0, 0.05) is 29.5 Å². The molecule has 0 saturated carbocycles. The Morgan fingerprint density at radius 1 is 1.50 bits per heavy atom. The van der Waals surface area contributed by atoms with Crippen LogP contribution >= 0.6 is 15.9 Å². The van der Waals surface area contributed by atoms with E-state index < -0.39 is 0 Å². The molecular formula is C14H25BrN2O. The van der Waals surface area contributed by atoms with E-state index in [-0.39, 0.29) is 11.3 Å².